The lowest BCUT2D eigenvalue weighted by atomic mass is 9.87. The van der Waals surface area contributed by atoms with Gasteiger partial charge in [-0.15, -0.1) is 0 Å². The molecule has 2 atom stereocenters. The number of halogens is 1. The number of sulfonamides is 1. The molecule has 0 unspecified atom stereocenters. The van der Waals surface area contributed by atoms with Gasteiger partial charge in [-0.05, 0) is 88.1 Å². The highest BCUT2D eigenvalue weighted by atomic mass is 35.5. The molecule has 0 bridgehead atoms. The second-order valence-electron chi connectivity index (χ2n) is 12.6. The number of methoxy groups -OCH3 is 1. The van der Waals surface area contributed by atoms with Crippen molar-refractivity contribution in [3.8, 4) is 11.1 Å². The van der Waals surface area contributed by atoms with Gasteiger partial charge in [0.05, 0.1) is 42.3 Å². The zero-order chi connectivity index (χ0) is 34.7. The largest absolute Gasteiger partial charge is 0.467 e. The van der Waals surface area contributed by atoms with Crippen molar-refractivity contribution in [1.29, 1.82) is 0 Å². The van der Waals surface area contributed by atoms with E-state index in [-0.39, 0.29) is 13.0 Å². The molecule has 1 aromatic heterocycles. The van der Waals surface area contributed by atoms with Crippen molar-refractivity contribution in [1.82, 2.24) is 4.98 Å². The number of benzene rings is 3. The van der Waals surface area contributed by atoms with Gasteiger partial charge in [-0.25, -0.2) is 18.0 Å². The molecule has 0 amide bonds. The molecule has 0 aliphatic carbocycles. The molecule has 0 saturated carbocycles. The zero-order valence-corrected chi connectivity index (χ0v) is 29.7. The van der Waals surface area contributed by atoms with Crippen molar-refractivity contribution in [3.05, 3.63) is 88.1 Å². The number of carbonyl (C=O) groups is 2. The van der Waals surface area contributed by atoms with Crippen LogP contribution in [0.3, 0.4) is 0 Å². The summed E-state index contributed by atoms with van der Waals surface area (Å²) in [5, 5.41) is 1.24. The maximum Gasteiger partial charge on any atom is 0.339 e. The molecule has 0 aliphatic heterocycles. The van der Waals surface area contributed by atoms with Crippen LogP contribution in [0, 0.1) is 13.8 Å². The molecule has 0 radical (unpaired) electrons. The molecule has 0 spiro atoms. The topological polar surface area (TPSA) is 115 Å². The predicted molar refractivity (Wildman–Crippen MR) is 187 cm³/mol. The molecule has 11 heteroatoms. The van der Waals surface area contributed by atoms with E-state index in [2.05, 4.69) is 4.98 Å². The van der Waals surface area contributed by atoms with E-state index in [1.807, 2.05) is 58.9 Å². The highest BCUT2D eigenvalue weighted by molar-refractivity contribution is 7.92. The quantitative estimate of drug-likeness (QED) is 0.151. The maximum absolute atomic E-state index is 13.8. The Balaban J connectivity index is 1.98. The molecular weight excluding hydrogens is 640 g/mol. The SMILES string of the molecule is CC[C@H](CCOC(=O)c1ccccc1)N(c1c(C)c([C@H](OC(C)(C)C)C(=O)OC)c(-c2ccc(Cl)cc2)c2cc(C)[nH]c12)S(C)(=O)=O. The summed E-state index contributed by atoms with van der Waals surface area (Å²) in [6, 6.07) is 17.2. The van der Waals surface area contributed by atoms with Crippen LogP contribution in [0.5, 0.6) is 0 Å². The lowest BCUT2D eigenvalue weighted by molar-refractivity contribution is -0.164. The van der Waals surface area contributed by atoms with Gasteiger partial charge in [0.1, 0.15) is 0 Å². The van der Waals surface area contributed by atoms with Gasteiger partial charge in [0, 0.05) is 34.1 Å². The van der Waals surface area contributed by atoms with E-state index in [4.69, 9.17) is 25.8 Å². The van der Waals surface area contributed by atoms with Crippen LogP contribution in [0.25, 0.3) is 22.0 Å². The Hall–Kier alpha value is -3.86. The van der Waals surface area contributed by atoms with Crippen molar-refractivity contribution in [2.24, 2.45) is 0 Å². The Labute approximate surface area is 282 Å². The number of carbonyl (C=O) groups excluding carboxylic acids is 2. The number of H-pyrrole nitrogens is 1. The third-order valence-corrected chi connectivity index (χ3v) is 9.29. The van der Waals surface area contributed by atoms with E-state index >= 15 is 0 Å². The number of aromatic amines is 1. The number of hydrogen-bond donors (Lipinski definition) is 1. The molecule has 1 N–H and O–H groups in total. The van der Waals surface area contributed by atoms with Crippen LogP contribution in [0.15, 0.2) is 60.7 Å². The Bertz CT molecular complexity index is 1850. The Morgan fingerprint density at radius 2 is 1.66 bits per heavy atom. The van der Waals surface area contributed by atoms with Crippen molar-refractivity contribution in [3.63, 3.8) is 0 Å². The summed E-state index contributed by atoms with van der Waals surface area (Å²) >= 11 is 6.27. The number of fused-ring (bicyclic) bond motifs is 1. The van der Waals surface area contributed by atoms with Gasteiger partial charge in [-0.1, -0.05) is 48.9 Å². The molecule has 47 heavy (non-hydrogen) atoms. The average Bonchev–Trinajstić information content (AvgIpc) is 3.40. The van der Waals surface area contributed by atoms with Gasteiger partial charge in [-0.3, -0.25) is 4.31 Å². The Morgan fingerprint density at radius 1 is 1.02 bits per heavy atom. The summed E-state index contributed by atoms with van der Waals surface area (Å²) in [7, 11) is -2.63. The van der Waals surface area contributed by atoms with E-state index in [9.17, 15) is 18.0 Å². The van der Waals surface area contributed by atoms with Gasteiger partial charge in [0.2, 0.25) is 10.0 Å². The first-order valence-electron chi connectivity index (χ1n) is 15.5. The molecule has 3 aromatic carbocycles. The molecule has 252 valence electrons. The van der Waals surface area contributed by atoms with Crippen LogP contribution in [-0.2, 0) is 29.0 Å². The van der Waals surface area contributed by atoms with Gasteiger partial charge in [0.25, 0.3) is 0 Å². The van der Waals surface area contributed by atoms with Crippen LogP contribution in [0.1, 0.15) is 73.8 Å². The standard InChI is InChI=1S/C36H43ClN2O7S/c1-9-27(19-20-45-34(40)25-13-11-10-12-14-25)39(47(8,42)43)32-23(3)29(33(35(41)44-7)46-36(4,5)6)30(24-15-17-26(37)18-16-24)28-21-22(2)38-31(28)32/h10-18,21,27,33,38H,9,19-20H2,1-8H3/t27-,33+/m1/s1. The zero-order valence-electron chi connectivity index (χ0n) is 28.1. The summed E-state index contributed by atoms with van der Waals surface area (Å²) in [6.07, 6.45) is 0.611. The molecule has 0 fully saturated rings. The predicted octanol–water partition coefficient (Wildman–Crippen LogP) is 7.93. The fraction of sp³-hybridized carbons (Fsp3) is 0.389. The fourth-order valence-corrected chi connectivity index (χ4v) is 7.37. The molecule has 0 aliphatic rings. The minimum absolute atomic E-state index is 0.00215. The van der Waals surface area contributed by atoms with Crippen LogP contribution in [-0.4, -0.2) is 57.0 Å². The number of anilines is 1. The lowest BCUT2D eigenvalue weighted by Crippen LogP contribution is -2.41. The molecule has 4 aromatic rings. The number of aryl methyl sites for hydroxylation is 1. The van der Waals surface area contributed by atoms with E-state index < -0.39 is 39.7 Å². The van der Waals surface area contributed by atoms with E-state index in [0.717, 1.165) is 17.5 Å². The average molecular weight is 683 g/mol. The van der Waals surface area contributed by atoms with E-state index in [1.165, 1.54) is 11.4 Å². The number of ether oxygens (including phenoxy) is 3. The van der Waals surface area contributed by atoms with Crippen molar-refractivity contribution in [2.75, 3.05) is 24.3 Å². The smallest absolute Gasteiger partial charge is 0.339 e. The van der Waals surface area contributed by atoms with Gasteiger partial charge in [-0.2, -0.15) is 0 Å². The normalized spacial score (nSPS) is 13.3. The second kappa shape index (κ2) is 14.5. The second-order valence-corrected chi connectivity index (χ2v) is 14.9. The molecular formula is C36H43ClN2O7S. The van der Waals surface area contributed by atoms with Crippen LogP contribution in [0.4, 0.5) is 5.69 Å². The monoisotopic (exact) mass is 682 g/mol. The molecule has 9 nitrogen and oxygen atoms in total. The van der Waals surface area contributed by atoms with Crippen LogP contribution >= 0.6 is 11.6 Å². The van der Waals surface area contributed by atoms with Gasteiger partial charge < -0.3 is 19.2 Å². The van der Waals surface area contributed by atoms with Crippen LogP contribution in [0.2, 0.25) is 5.02 Å². The first kappa shape index (κ1) is 36.0. The van der Waals surface area contributed by atoms with Crippen LogP contribution < -0.4 is 4.31 Å². The molecule has 0 saturated heterocycles. The summed E-state index contributed by atoms with van der Waals surface area (Å²) in [5.41, 5.74) is 3.86. The summed E-state index contributed by atoms with van der Waals surface area (Å²) in [6.45, 7) is 11.1. The number of aromatic nitrogens is 1. The summed E-state index contributed by atoms with van der Waals surface area (Å²) in [4.78, 5) is 29.6. The maximum atomic E-state index is 13.8. The first-order chi connectivity index (χ1) is 22.1. The number of esters is 2. The highest BCUT2D eigenvalue weighted by Gasteiger charge is 2.38. The van der Waals surface area contributed by atoms with E-state index in [1.54, 1.807) is 43.3 Å². The molecule has 4 rings (SSSR count). The van der Waals surface area contributed by atoms with Crippen molar-refractivity contribution in [2.45, 2.75) is 72.1 Å². The van der Waals surface area contributed by atoms with Crippen molar-refractivity contribution >= 4 is 50.2 Å². The molecule has 1 heterocycles. The summed E-state index contributed by atoms with van der Waals surface area (Å²) < 4.78 is 46.3. The fourth-order valence-electron chi connectivity index (χ4n) is 5.89. The summed E-state index contributed by atoms with van der Waals surface area (Å²) in [5.74, 6) is -1.11. The third-order valence-electron chi connectivity index (χ3n) is 7.84. The lowest BCUT2D eigenvalue weighted by Gasteiger charge is -2.35. The van der Waals surface area contributed by atoms with E-state index in [0.29, 0.717) is 50.3 Å². The third kappa shape index (κ3) is 8.17. The number of hydrogen-bond acceptors (Lipinski definition) is 7. The first-order valence-corrected chi connectivity index (χ1v) is 17.7. The number of nitrogens with one attached hydrogen (secondary N) is 1. The minimum Gasteiger partial charge on any atom is -0.467 e. The number of nitrogens with zero attached hydrogens (tertiary/aromatic N) is 1. The van der Waals surface area contributed by atoms with Gasteiger partial charge >= 0.3 is 11.9 Å². The highest BCUT2D eigenvalue weighted by Crippen LogP contribution is 2.47. The van der Waals surface area contributed by atoms with Crippen molar-refractivity contribution < 1.29 is 32.2 Å². The minimum atomic E-state index is -3.92. The number of rotatable bonds is 12. The Morgan fingerprint density at radius 3 is 2.21 bits per heavy atom. The van der Waals surface area contributed by atoms with Gasteiger partial charge in [0.15, 0.2) is 6.10 Å². The Kier molecular flexibility index (Phi) is 11.1.